The molecule has 3 aromatic rings. The smallest absolute Gasteiger partial charge is 0.418 e. The van der Waals surface area contributed by atoms with E-state index in [4.69, 9.17) is 9.47 Å². The molecular weight excluding hydrogens is 529 g/mol. The maximum absolute atomic E-state index is 13.1. The predicted molar refractivity (Wildman–Crippen MR) is 139 cm³/mol. The molecule has 3 N–H and O–H groups in total. The van der Waals surface area contributed by atoms with Crippen LogP contribution in [-0.2, 0) is 15.7 Å². The fourth-order valence-electron chi connectivity index (χ4n) is 4.79. The Bertz CT molecular complexity index is 1470. The highest BCUT2D eigenvalue weighted by atomic mass is 19.4. The molecule has 0 saturated carbocycles. The molecule has 2 aromatic carbocycles. The number of halogens is 3. The summed E-state index contributed by atoms with van der Waals surface area (Å²) in [6, 6.07) is 9.48. The first-order valence-electron chi connectivity index (χ1n) is 12.7. The maximum atomic E-state index is 13.1. The molecule has 1 fully saturated rings. The van der Waals surface area contributed by atoms with Crippen LogP contribution in [0.3, 0.4) is 0 Å². The molecular formula is C28H27F3N4O5. The highest BCUT2D eigenvalue weighted by molar-refractivity contribution is 6.04. The molecule has 2 amide bonds. The molecule has 40 heavy (non-hydrogen) atoms. The zero-order valence-corrected chi connectivity index (χ0v) is 21.8. The molecule has 1 saturated heterocycles. The molecule has 2 aliphatic heterocycles. The summed E-state index contributed by atoms with van der Waals surface area (Å²) in [5.74, 6) is -0.733. The lowest BCUT2D eigenvalue weighted by Gasteiger charge is -2.36. The third-order valence-electron chi connectivity index (χ3n) is 7.16. The first-order chi connectivity index (χ1) is 19.0. The van der Waals surface area contributed by atoms with E-state index in [2.05, 4.69) is 20.8 Å². The second-order valence-electron chi connectivity index (χ2n) is 10.1. The van der Waals surface area contributed by atoms with E-state index >= 15 is 0 Å². The molecule has 3 heterocycles. The van der Waals surface area contributed by atoms with E-state index < -0.39 is 41.5 Å². The number of ether oxygens (including phenoxy) is 2. The third kappa shape index (κ3) is 5.36. The number of carbonyl (C=O) groups is 2. The van der Waals surface area contributed by atoms with Gasteiger partial charge in [0.2, 0.25) is 5.60 Å². The summed E-state index contributed by atoms with van der Waals surface area (Å²) in [6.45, 7) is 4.06. The Balaban J connectivity index is 1.52. The van der Waals surface area contributed by atoms with Crippen LogP contribution in [0.1, 0.15) is 52.9 Å². The lowest BCUT2D eigenvalue weighted by atomic mass is 9.86. The lowest BCUT2D eigenvalue weighted by molar-refractivity contribution is -0.138. The summed E-state index contributed by atoms with van der Waals surface area (Å²) in [6.07, 6.45) is -2.62. The molecule has 9 nitrogen and oxygen atoms in total. The summed E-state index contributed by atoms with van der Waals surface area (Å²) in [5.41, 5.74) is 1.01. The molecule has 210 valence electrons. The highest BCUT2D eigenvalue weighted by Gasteiger charge is 2.41. The number of amides is 2. The van der Waals surface area contributed by atoms with E-state index in [1.807, 2.05) is 13.0 Å². The molecule has 2 aliphatic rings. The van der Waals surface area contributed by atoms with Crippen molar-refractivity contribution in [3.63, 3.8) is 0 Å². The van der Waals surface area contributed by atoms with Gasteiger partial charge in [-0.3, -0.25) is 9.59 Å². The molecule has 1 unspecified atom stereocenters. The van der Waals surface area contributed by atoms with Crippen LogP contribution in [0.4, 0.5) is 24.5 Å². The Morgan fingerprint density at radius 1 is 1.20 bits per heavy atom. The van der Waals surface area contributed by atoms with Gasteiger partial charge in [-0.05, 0) is 79.6 Å². The van der Waals surface area contributed by atoms with E-state index in [-0.39, 0.29) is 5.92 Å². The Morgan fingerprint density at radius 3 is 2.65 bits per heavy atom. The average molecular weight is 557 g/mol. The molecule has 0 spiro atoms. The highest BCUT2D eigenvalue weighted by Crippen LogP contribution is 2.46. The van der Waals surface area contributed by atoms with Crippen molar-refractivity contribution in [3.8, 4) is 16.9 Å². The van der Waals surface area contributed by atoms with Crippen molar-refractivity contribution in [1.82, 2.24) is 10.2 Å². The van der Waals surface area contributed by atoms with Gasteiger partial charge in [0.15, 0.2) is 5.69 Å². The van der Waals surface area contributed by atoms with Crippen molar-refractivity contribution < 1.29 is 37.3 Å². The fourth-order valence-corrected chi connectivity index (χ4v) is 4.79. The van der Waals surface area contributed by atoms with Crippen molar-refractivity contribution >= 4 is 23.2 Å². The van der Waals surface area contributed by atoms with Gasteiger partial charge in [-0.15, -0.1) is 5.10 Å². The van der Waals surface area contributed by atoms with Gasteiger partial charge >= 0.3 is 6.18 Å². The Kier molecular flexibility index (Phi) is 7.23. The molecule has 0 aliphatic carbocycles. The van der Waals surface area contributed by atoms with E-state index in [1.54, 1.807) is 24.3 Å². The molecule has 12 heteroatoms. The normalized spacial score (nSPS) is 19.4. The maximum Gasteiger partial charge on any atom is 0.418 e. The van der Waals surface area contributed by atoms with Crippen molar-refractivity contribution in [3.05, 3.63) is 65.0 Å². The van der Waals surface area contributed by atoms with Crippen molar-refractivity contribution in [2.75, 3.05) is 30.5 Å². The van der Waals surface area contributed by atoms with Crippen LogP contribution in [0.2, 0.25) is 0 Å². The van der Waals surface area contributed by atoms with Crippen LogP contribution in [0, 0.1) is 6.92 Å². The first kappa shape index (κ1) is 27.5. The van der Waals surface area contributed by atoms with Gasteiger partial charge in [-0.25, -0.2) is 0 Å². The zero-order valence-electron chi connectivity index (χ0n) is 21.8. The number of fused-ring (bicyclic) bond motifs is 1. The van der Waals surface area contributed by atoms with Gasteiger partial charge in [0, 0.05) is 24.5 Å². The molecule has 5 rings (SSSR count). The van der Waals surface area contributed by atoms with Crippen LogP contribution in [0.5, 0.6) is 5.75 Å². The number of carbonyl (C=O) groups excluding carboxylic acids is 2. The standard InChI is InChI=1S/C28H27F3N4O5/c1-15-3-4-19(33-25(37)23-11-18(13-32-35-23)28(29,30)31)12-20(15)17-9-21(16-5-7-39-8-6-16)24-22(10-17)34-26(38)27(2,14-36)40-24/h3-4,9-13,16,36H,5-8,14H2,1-2H3,(H,33,37)(H,34,38). The number of nitrogens with one attached hydrogen (secondary N) is 2. The number of anilines is 2. The first-order valence-corrected chi connectivity index (χ1v) is 12.7. The summed E-state index contributed by atoms with van der Waals surface area (Å²) >= 11 is 0. The monoisotopic (exact) mass is 556 g/mol. The van der Waals surface area contributed by atoms with Gasteiger partial charge in [0.1, 0.15) is 5.75 Å². The third-order valence-corrected chi connectivity index (χ3v) is 7.16. The largest absolute Gasteiger partial charge is 0.473 e. The van der Waals surface area contributed by atoms with Gasteiger partial charge in [-0.2, -0.15) is 18.3 Å². The quantitative estimate of drug-likeness (QED) is 0.416. The van der Waals surface area contributed by atoms with Crippen molar-refractivity contribution in [2.24, 2.45) is 0 Å². The number of hydrogen-bond donors (Lipinski definition) is 3. The number of nitrogens with zero attached hydrogens (tertiary/aromatic N) is 2. The number of aliphatic hydroxyl groups is 1. The number of aliphatic hydroxyl groups excluding tert-OH is 1. The lowest BCUT2D eigenvalue weighted by Crippen LogP contribution is -2.51. The topological polar surface area (TPSA) is 123 Å². The van der Waals surface area contributed by atoms with Crippen LogP contribution in [0.15, 0.2) is 42.6 Å². The summed E-state index contributed by atoms with van der Waals surface area (Å²) in [5, 5.41) is 22.2. The number of aromatic nitrogens is 2. The number of alkyl halides is 3. The van der Waals surface area contributed by atoms with Gasteiger partial charge < -0.3 is 25.2 Å². The zero-order chi connectivity index (χ0) is 28.7. The molecule has 1 atom stereocenters. The van der Waals surface area contributed by atoms with E-state index in [1.165, 1.54) is 6.92 Å². The van der Waals surface area contributed by atoms with Crippen LogP contribution >= 0.6 is 0 Å². The Labute approximate surface area is 227 Å². The van der Waals surface area contributed by atoms with Crippen LogP contribution < -0.4 is 15.4 Å². The number of benzene rings is 2. The Hall–Kier alpha value is -4.03. The minimum absolute atomic E-state index is 0.0862. The van der Waals surface area contributed by atoms with Crippen LogP contribution in [-0.4, -0.2) is 52.5 Å². The van der Waals surface area contributed by atoms with E-state index in [9.17, 15) is 27.9 Å². The Morgan fingerprint density at radius 2 is 1.95 bits per heavy atom. The second kappa shape index (κ2) is 10.5. The van der Waals surface area contributed by atoms with Gasteiger partial charge in [-0.1, -0.05) is 6.07 Å². The minimum Gasteiger partial charge on any atom is -0.473 e. The number of aryl methyl sites for hydroxylation is 1. The fraction of sp³-hybridized carbons (Fsp3) is 0.357. The summed E-state index contributed by atoms with van der Waals surface area (Å²) in [7, 11) is 0. The predicted octanol–water partition coefficient (Wildman–Crippen LogP) is 4.70. The van der Waals surface area contributed by atoms with Crippen molar-refractivity contribution in [1.29, 1.82) is 0 Å². The van der Waals surface area contributed by atoms with Crippen LogP contribution in [0.25, 0.3) is 11.1 Å². The molecule has 0 radical (unpaired) electrons. The SMILES string of the molecule is Cc1ccc(NC(=O)c2cc(C(F)(F)F)cnn2)cc1-c1cc2c(c(C3CCOCC3)c1)OC(C)(CO)C(=O)N2. The minimum atomic E-state index is -4.66. The second-order valence-corrected chi connectivity index (χ2v) is 10.1. The molecule has 0 bridgehead atoms. The summed E-state index contributed by atoms with van der Waals surface area (Å²) < 4.78 is 50.8. The van der Waals surface area contributed by atoms with E-state index in [0.29, 0.717) is 42.6 Å². The van der Waals surface area contributed by atoms with Crippen molar-refractivity contribution in [2.45, 2.75) is 44.4 Å². The number of rotatable bonds is 5. The summed E-state index contributed by atoms with van der Waals surface area (Å²) in [4.78, 5) is 25.5. The van der Waals surface area contributed by atoms with E-state index in [0.717, 1.165) is 35.1 Å². The van der Waals surface area contributed by atoms with Gasteiger partial charge in [0.25, 0.3) is 11.8 Å². The average Bonchev–Trinajstić information content (AvgIpc) is 2.94. The van der Waals surface area contributed by atoms with Gasteiger partial charge in [0.05, 0.1) is 24.1 Å². The number of hydrogen-bond acceptors (Lipinski definition) is 7. The molecule has 1 aromatic heterocycles.